The van der Waals surface area contributed by atoms with Crippen LogP contribution >= 0.6 is 0 Å². The summed E-state index contributed by atoms with van der Waals surface area (Å²) in [4.78, 5) is 22.6. The van der Waals surface area contributed by atoms with E-state index in [0.29, 0.717) is 32.0 Å². The molecule has 0 fully saturated rings. The molecular weight excluding hydrogens is 236 g/mol. The van der Waals surface area contributed by atoms with Crippen molar-refractivity contribution in [1.29, 1.82) is 0 Å². The van der Waals surface area contributed by atoms with Gasteiger partial charge in [0, 0.05) is 26.3 Å². The fraction of sp³-hybridized carbons (Fsp3) is 0.545. The van der Waals surface area contributed by atoms with Gasteiger partial charge in [0.1, 0.15) is 0 Å². The molecule has 1 aromatic rings. The third-order valence-corrected chi connectivity index (χ3v) is 2.98. The third-order valence-electron chi connectivity index (χ3n) is 2.98. The highest BCUT2D eigenvalue weighted by Crippen LogP contribution is 2.18. The summed E-state index contributed by atoms with van der Waals surface area (Å²) < 4.78 is 0. The van der Waals surface area contributed by atoms with E-state index in [9.17, 15) is 4.79 Å². The van der Waals surface area contributed by atoms with Crippen molar-refractivity contribution in [1.82, 2.24) is 14.9 Å². The van der Waals surface area contributed by atoms with Crippen molar-refractivity contribution in [2.24, 2.45) is 0 Å². The zero-order chi connectivity index (χ0) is 13.1. The number of aromatic nitrogens is 2. The van der Waals surface area contributed by atoms with Gasteiger partial charge in [-0.3, -0.25) is 0 Å². The first kappa shape index (κ1) is 12.6. The summed E-state index contributed by atoms with van der Waals surface area (Å²) in [5.41, 5.74) is 1.74. The molecule has 0 saturated heterocycles. The van der Waals surface area contributed by atoms with Gasteiger partial charge in [-0.2, -0.15) is 0 Å². The van der Waals surface area contributed by atoms with Crippen LogP contribution < -0.4 is 4.90 Å². The molecule has 0 unspecified atom stereocenters. The maximum Gasteiger partial charge on any atom is 0.407 e. The fourth-order valence-corrected chi connectivity index (χ4v) is 1.89. The van der Waals surface area contributed by atoms with Gasteiger partial charge in [-0.1, -0.05) is 0 Å². The minimum Gasteiger partial charge on any atom is -0.465 e. The number of rotatable bonds is 3. The number of carboxylic acid groups (broad SMARTS) is 1. The molecule has 2 N–H and O–H groups in total. The molecule has 2 heterocycles. The molecule has 1 aliphatic rings. The Hall–Kier alpha value is -1.89. The fourth-order valence-electron chi connectivity index (χ4n) is 1.89. The summed E-state index contributed by atoms with van der Waals surface area (Å²) >= 11 is 0. The molecule has 0 aliphatic carbocycles. The van der Waals surface area contributed by atoms with Gasteiger partial charge in [0.25, 0.3) is 0 Å². The van der Waals surface area contributed by atoms with Gasteiger partial charge in [0.15, 0.2) is 0 Å². The van der Waals surface area contributed by atoms with Crippen LogP contribution in [0.15, 0.2) is 6.20 Å². The second-order valence-electron chi connectivity index (χ2n) is 4.24. The van der Waals surface area contributed by atoms with Crippen LogP contribution in [0.5, 0.6) is 0 Å². The predicted molar refractivity (Wildman–Crippen MR) is 64.5 cm³/mol. The first-order valence-electron chi connectivity index (χ1n) is 5.76. The highest BCUT2D eigenvalue weighted by atomic mass is 16.4. The number of aliphatic hydroxyl groups is 1. The Morgan fingerprint density at radius 3 is 3.06 bits per heavy atom. The summed E-state index contributed by atoms with van der Waals surface area (Å²) in [5, 5.41) is 17.8. The molecule has 1 aromatic heterocycles. The SMILES string of the molecule is CN(CCO)c1ncc2c(n1)CN(C(=O)O)CC2. The van der Waals surface area contributed by atoms with E-state index < -0.39 is 6.09 Å². The van der Waals surface area contributed by atoms with E-state index in [0.717, 1.165) is 11.3 Å². The number of aliphatic hydroxyl groups excluding tert-OH is 1. The molecule has 0 spiro atoms. The van der Waals surface area contributed by atoms with E-state index in [1.807, 2.05) is 0 Å². The molecule has 0 radical (unpaired) electrons. The van der Waals surface area contributed by atoms with E-state index in [2.05, 4.69) is 9.97 Å². The summed E-state index contributed by atoms with van der Waals surface area (Å²) in [6, 6.07) is 0. The molecular formula is C11H16N4O3. The second kappa shape index (κ2) is 5.18. The third kappa shape index (κ3) is 2.51. The smallest absolute Gasteiger partial charge is 0.407 e. The van der Waals surface area contributed by atoms with Crippen molar-refractivity contribution in [2.75, 3.05) is 31.6 Å². The summed E-state index contributed by atoms with van der Waals surface area (Å²) in [7, 11) is 1.79. The monoisotopic (exact) mass is 252 g/mol. The molecule has 2 rings (SSSR count). The second-order valence-corrected chi connectivity index (χ2v) is 4.24. The Morgan fingerprint density at radius 2 is 2.39 bits per heavy atom. The molecule has 1 aliphatic heterocycles. The van der Waals surface area contributed by atoms with E-state index >= 15 is 0 Å². The Kier molecular flexibility index (Phi) is 3.61. The van der Waals surface area contributed by atoms with Gasteiger partial charge in [-0.15, -0.1) is 0 Å². The summed E-state index contributed by atoms with van der Waals surface area (Å²) in [5.74, 6) is 0.509. The Balaban J connectivity index is 2.20. The highest BCUT2D eigenvalue weighted by Gasteiger charge is 2.22. The van der Waals surface area contributed by atoms with Crippen molar-refractivity contribution >= 4 is 12.0 Å². The van der Waals surface area contributed by atoms with Crippen LogP contribution in [-0.2, 0) is 13.0 Å². The molecule has 1 amide bonds. The maximum atomic E-state index is 10.9. The van der Waals surface area contributed by atoms with Crippen LogP contribution in [-0.4, -0.2) is 57.9 Å². The normalized spacial score (nSPS) is 14.2. The quantitative estimate of drug-likeness (QED) is 0.783. The number of amides is 1. The van der Waals surface area contributed by atoms with E-state index in [-0.39, 0.29) is 6.61 Å². The molecule has 98 valence electrons. The largest absolute Gasteiger partial charge is 0.465 e. The van der Waals surface area contributed by atoms with Crippen LogP contribution in [0.3, 0.4) is 0 Å². The molecule has 0 aromatic carbocycles. The van der Waals surface area contributed by atoms with Gasteiger partial charge >= 0.3 is 6.09 Å². The number of hydrogen-bond acceptors (Lipinski definition) is 5. The van der Waals surface area contributed by atoms with Gasteiger partial charge in [0.2, 0.25) is 5.95 Å². The lowest BCUT2D eigenvalue weighted by Gasteiger charge is -2.26. The maximum absolute atomic E-state index is 10.9. The molecule has 18 heavy (non-hydrogen) atoms. The van der Waals surface area contributed by atoms with E-state index in [4.69, 9.17) is 10.2 Å². The minimum atomic E-state index is -0.926. The first-order chi connectivity index (χ1) is 8.61. The molecule has 7 nitrogen and oxygen atoms in total. The Bertz CT molecular complexity index is 452. The first-order valence-corrected chi connectivity index (χ1v) is 5.76. The molecule has 0 atom stereocenters. The van der Waals surface area contributed by atoms with Crippen molar-refractivity contribution in [3.8, 4) is 0 Å². The Morgan fingerprint density at radius 1 is 1.61 bits per heavy atom. The minimum absolute atomic E-state index is 0.0260. The average molecular weight is 252 g/mol. The standard InChI is InChI=1S/C11H16N4O3/c1-14(4-5-16)10-12-6-8-2-3-15(11(17)18)7-9(8)13-10/h6,16H,2-5,7H2,1H3,(H,17,18). The number of fused-ring (bicyclic) bond motifs is 1. The van der Waals surface area contributed by atoms with Crippen molar-refractivity contribution in [2.45, 2.75) is 13.0 Å². The lowest BCUT2D eigenvalue weighted by Crippen LogP contribution is -2.36. The molecule has 7 heteroatoms. The summed E-state index contributed by atoms with van der Waals surface area (Å²) in [6.45, 7) is 1.25. The number of likely N-dealkylation sites (N-methyl/N-ethyl adjacent to an activating group) is 1. The van der Waals surface area contributed by atoms with Gasteiger partial charge in [-0.25, -0.2) is 14.8 Å². The van der Waals surface area contributed by atoms with Crippen LogP contribution in [0.4, 0.5) is 10.7 Å². The topological polar surface area (TPSA) is 89.8 Å². The number of anilines is 1. The molecule has 0 saturated carbocycles. The van der Waals surface area contributed by atoms with Crippen molar-refractivity contribution in [3.05, 3.63) is 17.5 Å². The van der Waals surface area contributed by atoms with Gasteiger partial charge < -0.3 is 20.0 Å². The van der Waals surface area contributed by atoms with Crippen molar-refractivity contribution in [3.63, 3.8) is 0 Å². The van der Waals surface area contributed by atoms with Crippen molar-refractivity contribution < 1.29 is 15.0 Å². The lowest BCUT2D eigenvalue weighted by atomic mass is 10.1. The zero-order valence-corrected chi connectivity index (χ0v) is 10.2. The van der Waals surface area contributed by atoms with E-state index in [1.54, 1.807) is 18.1 Å². The van der Waals surface area contributed by atoms with E-state index in [1.165, 1.54) is 4.90 Å². The zero-order valence-electron chi connectivity index (χ0n) is 10.2. The van der Waals surface area contributed by atoms with Crippen LogP contribution in [0.1, 0.15) is 11.3 Å². The summed E-state index contributed by atoms with van der Waals surface area (Å²) in [6.07, 6.45) is 1.46. The van der Waals surface area contributed by atoms with Crippen LogP contribution in [0.2, 0.25) is 0 Å². The number of nitrogens with zero attached hydrogens (tertiary/aromatic N) is 4. The lowest BCUT2D eigenvalue weighted by molar-refractivity contribution is 0.139. The Labute approximate surface area is 105 Å². The van der Waals surface area contributed by atoms with Crippen LogP contribution in [0, 0.1) is 0 Å². The average Bonchev–Trinajstić information content (AvgIpc) is 2.37. The number of carbonyl (C=O) groups is 1. The van der Waals surface area contributed by atoms with Gasteiger partial charge in [-0.05, 0) is 12.0 Å². The van der Waals surface area contributed by atoms with Crippen LogP contribution in [0.25, 0.3) is 0 Å². The predicted octanol–water partition coefficient (Wildman–Crippen LogP) is -0.0588. The highest BCUT2D eigenvalue weighted by molar-refractivity contribution is 5.65. The molecule has 0 bridgehead atoms. The van der Waals surface area contributed by atoms with Gasteiger partial charge in [0.05, 0.1) is 18.8 Å². The number of hydrogen-bond donors (Lipinski definition) is 2.